The highest BCUT2D eigenvalue weighted by atomic mass is 14.8. The Kier molecular flexibility index (Phi) is 1.85. The van der Waals surface area contributed by atoms with Crippen LogP contribution in [0.1, 0.15) is 5.56 Å². The van der Waals surface area contributed by atoms with E-state index in [1.165, 1.54) is 11.3 Å². The van der Waals surface area contributed by atoms with E-state index >= 15 is 0 Å². The van der Waals surface area contributed by atoms with Crippen molar-refractivity contribution in [3.05, 3.63) is 36.9 Å². The summed E-state index contributed by atoms with van der Waals surface area (Å²) < 4.78 is 0. The number of hydrogen-bond donors (Lipinski definition) is 1. The van der Waals surface area contributed by atoms with Gasteiger partial charge in [-0.1, -0.05) is 17.7 Å². The zero-order valence-electron chi connectivity index (χ0n) is 5.59. The summed E-state index contributed by atoms with van der Waals surface area (Å²) in [6.45, 7) is 2.08. The second-order valence-electron chi connectivity index (χ2n) is 2.11. The lowest BCUT2D eigenvalue weighted by Gasteiger charge is -1.97. The average molecular weight is 121 g/mol. The van der Waals surface area contributed by atoms with Crippen LogP contribution in [0.4, 0.5) is 5.69 Å². The van der Waals surface area contributed by atoms with Gasteiger partial charge in [0.2, 0.25) is 0 Å². The lowest BCUT2D eigenvalue weighted by atomic mass is 10.2. The molecule has 0 saturated heterocycles. The van der Waals surface area contributed by atoms with Gasteiger partial charge >= 0.3 is 0 Å². The zero-order valence-corrected chi connectivity index (χ0v) is 5.59. The molecule has 0 aliphatic heterocycles. The molecule has 48 valence electrons. The Balaban J connectivity index is 2.88. The fourth-order valence-corrected chi connectivity index (χ4v) is 0.703. The van der Waals surface area contributed by atoms with E-state index in [4.69, 9.17) is 0 Å². The SMILES string of the molecule is [CH2-][NH2+]c1ccc(C)cc1. The Morgan fingerprint density at radius 2 is 1.78 bits per heavy atom. The monoisotopic (exact) mass is 121 g/mol. The van der Waals surface area contributed by atoms with Crippen LogP contribution in [0.15, 0.2) is 24.3 Å². The molecule has 2 N–H and O–H groups in total. The van der Waals surface area contributed by atoms with Gasteiger partial charge in [-0.05, 0) is 19.1 Å². The maximum Gasteiger partial charge on any atom is 0.103 e. The van der Waals surface area contributed by atoms with Gasteiger partial charge in [-0.2, -0.15) is 0 Å². The molecule has 1 rings (SSSR count). The number of hydrogen-bond acceptors (Lipinski definition) is 0. The lowest BCUT2D eigenvalue weighted by Crippen LogP contribution is -2.69. The molecule has 0 fully saturated rings. The molecular weight excluding hydrogens is 110 g/mol. The third-order valence-corrected chi connectivity index (χ3v) is 1.31. The smallest absolute Gasteiger partial charge is 0.103 e. The molecule has 0 spiro atoms. The van der Waals surface area contributed by atoms with Crippen molar-refractivity contribution in [2.24, 2.45) is 0 Å². The summed E-state index contributed by atoms with van der Waals surface area (Å²) >= 11 is 0. The molecule has 0 aromatic heterocycles. The van der Waals surface area contributed by atoms with Crippen molar-refractivity contribution >= 4 is 5.69 Å². The van der Waals surface area contributed by atoms with Gasteiger partial charge in [0, 0.05) is 0 Å². The Bertz CT molecular complexity index is 176. The molecule has 9 heavy (non-hydrogen) atoms. The van der Waals surface area contributed by atoms with E-state index in [0.717, 1.165) is 0 Å². The molecule has 0 saturated carbocycles. The summed E-state index contributed by atoms with van der Waals surface area (Å²) in [5.41, 5.74) is 2.47. The molecule has 0 atom stereocenters. The van der Waals surface area contributed by atoms with Crippen LogP contribution < -0.4 is 5.32 Å². The predicted octanol–water partition coefficient (Wildman–Crippen LogP) is 0.982. The van der Waals surface area contributed by atoms with E-state index in [1.54, 1.807) is 0 Å². The minimum Gasteiger partial charge on any atom is -0.446 e. The number of quaternary nitrogens is 1. The van der Waals surface area contributed by atoms with Gasteiger partial charge in [0.25, 0.3) is 0 Å². The molecule has 1 heteroatoms. The molecule has 0 bridgehead atoms. The van der Waals surface area contributed by atoms with Crippen LogP contribution in [0.3, 0.4) is 0 Å². The van der Waals surface area contributed by atoms with Gasteiger partial charge in [0.05, 0.1) is 0 Å². The number of rotatable bonds is 1. The first-order valence-corrected chi connectivity index (χ1v) is 3.02. The van der Waals surface area contributed by atoms with Crippen molar-refractivity contribution < 1.29 is 5.32 Å². The third-order valence-electron chi connectivity index (χ3n) is 1.31. The van der Waals surface area contributed by atoms with Crippen LogP contribution in [-0.2, 0) is 0 Å². The maximum absolute atomic E-state index is 3.66. The second kappa shape index (κ2) is 2.65. The Morgan fingerprint density at radius 3 is 2.22 bits per heavy atom. The molecule has 0 aliphatic carbocycles. The van der Waals surface area contributed by atoms with Crippen LogP contribution in [0.25, 0.3) is 0 Å². The van der Waals surface area contributed by atoms with Crippen LogP contribution in [0.5, 0.6) is 0 Å². The average Bonchev–Trinajstić information content (AvgIpc) is 1.90. The lowest BCUT2D eigenvalue weighted by molar-refractivity contribution is -0.504. The summed E-state index contributed by atoms with van der Waals surface area (Å²) in [7, 11) is 3.66. The summed E-state index contributed by atoms with van der Waals surface area (Å²) in [5.74, 6) is 0. The Labute approximate surface area is 55.7 Å². The van der Waals surface area contributed by atoms with Gasteiger partial charge in [-0.3, -0.25) is 0 Å². The van der Waals surface area contributed by atoms with Crippen molar-refractivity contribution in [3.63, 3.8) is 0 Å². The fraction of sp³-hybridized carbons (Fsp3) is 0.125. The largest absolute Gasteiger partial charge is 0.446 e. The van der Waals surface area contributed by atoms with Crippen LogP contribution in [0.2, 0.25) is 0 Å². The Morgan fingerprint density at radius 1 is 1.22 bits per heavy atom. The number of aryl methyl sites for hydroxylation is 1. The zero-order chi connectivity index (χ0) is 6.69. The molecular formula is C8H11N. The molecule has 0 unspecified atom stereocenters. The van der Waals surface area contributed by atoms with Crippen LogP contribution in [-0.4, -0.2) is 0 Å². The van der Waals surface area contributed by atoms with Crippen LogP contribution in [0, 0.1) is 14.0 Å². The standard InChI is InChI=1S/C8H11N/c1-7-3-5-8(9-2)6-4-7/h3-6H,2,9H2,1H3. The first-order chi connectivity index (χ1) is 4.33. The number of nitrogens with two attached hydrogens (primary N) is 1. The van der Waals surface area contributed by atoms with Gasteiger partial charge in [-0.25, -0.2) is 0 Å². The van der Waals surface area contributed by atoms with Crippen molar-refractivity contribution in [2.45, 2.75) is 6.92 Å². The van der Waals surface area contributed by atoms with Crippen molar-refractivity contribution in [2.75, 3.05) is 0 Å². The molecule has 0 amide bonds. The van der Waals surface area contributed by atoms with Crippen molar-refractivity contribution in [1.29, 1.82) is 0 Å². The molecule has 1 aromatic carbocycles. The minimum absolute atomic E-state index is 1.18. The maximum atomic E-state index is 3.66. The molecule has 1 nitrogen and oxygen atoms in total. The second-order valence-corrected chi connectivity index (χ2v) is 2.11. The summed E-state index contributed by atoms with van der Waals surface area (Å²) in [5, 5.41) is 1.85. The Hall–Kier alpha value is -0.820. The van der Waals surface area contributed by atoms with E-state index in [-0.39, 0.29) is 0 Å². The van der Waals surface area contributed by atoms with Crippen LogP contribution >= 0.6 is 0 Å². The highest BCUT2D eigenvalue weighted by Gasteiger charge is 1.85. The highest BCUT2D eigenvalue weighted by molar-refractivity contribution is 5.30. The molecule has 0 aliphatic rings. The van der Waals surface area contributed by atoms with Gasteiger partial charge in [0.15, 0.2) is 0 Å². The van der Waals surface area contributed by atoms with Gasteiger partial charge < -0.3 is 5.32 Å². The molecule has 0 radical (unpaired) electrons. The topological polar surface area (TPSA) is 16.6 Å². The molecule has 0 heterocycles. The third kappa shape index (κ3) is 1.54. The quantitative estimate of drug-likeness (QED) is 0.421. The van der Waals surface area contributed by atoms with E-state index in [0.29, 0.717) is 0 Å². The minimum atomic E-state index is 1.18. The van der Waals surface area contributed by atoms with Gasteiger partial charge in [-0.15, -0.1) is 7.05 Å². The summed E-state index contributed by atoms with van der Waals surface area (Å²) in [6, 6.07) is 8.28. The summed E-state index contributed by atoms with van der Waals surface area (Å²) in [4.78, 5) is 0. The van der Waals surface area contributed by atoms with Crippen molar-refractivity contribution in [1.82, 2.24) is 0 Å². The number of benzene rings is 1. The molecule has 1 aromatic rings. The predicted molar refractivity (Wildman–Crippen MR) is 38.1 cm³/mol. The normalized spacial score (nSPS) is 9.56. The van der Waals surface area contributed by atoms with Crippen molar-refractivity contribution in [3.8, 4) is 0 Å². The van der Waals surface area contributed by atoms with E-state index in [2.05, 4.69) is 38.2 Å². The highest BCUT2D eigenvalue weighted by Crippen LogP contribution is 2.01. The van der Waals surface area contributed by atoms with E-state index in [1.807, 2.05) is 5.32 Å². The van der Waals surface area contributed by atoms with E-state index in [9.17, 15) is 0 Å². The van der Waals surface area contributed by atoms with E-state index < -0.39 is 0 Å². The first-order valence-electron chi connectivity index (χ1n) is 3.02. The fourth-order valence-electron chi connectivity index (χ4n) is 0.703. The summed E-state index contributed by atoms with van der Waals surface area (Å²) in [6.07, 6.45) is 0. The first kappa shape index (κ1) is 6.30. The van der Waals surface area contributed by atoms with Gasteiger partial charge in [0.1, 0.15) is 5.69 Å².